The molecule has 4 aromatic rings. The lowest BCUT2D eigenvalue weighted by molar-refractivity contribution is -0.113. The number of carbonyl (C=O) groups is 2. The van der Waals surface area contributed by atoms with E-state index in [-0.39, 0.29) is 0 Å². The molecule has 0 fully saturated rings. The fourth-order valence-corrected chi connectivity index (χ4v) is 6.67. The fourth-order valence-electron chi connectivity index (χ4n) is 6.14. The van der Waals surface area contributed by atoms with Gasteiger partial charge in [-0.2, -0.15) is 0 Å². The van der Waals surface area contributed by atoms with E-state index in [9.17, 15) is 9.59 Å². The number of aldehydes is 2. The van der Waals surface area contributed by atoms with Crippen molar-refractivity contribution in [2.45, 2.75) is 36.5 Å². The smallest absolute Gasteiger partial charge is 0.131 e. The highest BCUT2D eigenvalue weighted by Crippen LogP contribution is 2.46. The lowest BCUT2D eigenvalue weighted by atomic mass is 9.63. The van der Waals surface area contributed by atoms with Crippen LogP contribution in [-0.2, 0) is 46.1 Å². The molecule has 168 valence electrons. The van der Waals surface area contributed by atoms with Crippen LogP contribution in [0.2, 0.25) is 0 Å². The number of hydrogen-bond acceptors (Lipinski definition) is 2. The molecule has 0 bridgehead atoms. The second kappa shape index (κ2) is 8.00. The highest BCUT2D eigenvalue weighted by atomic mass is 79.9. The summed E-state index contributed by atoms with van der Waals surface area (Å²) in [6.07, 6.45) is 5.05. The Bertz CT molecular complexity index is 1290. The SMILES string of the molecule is O=CC1(c2ccc(Br)cc2)Cc2ccc3c4c(ccc(c24)C1)CC(C=O)(c1ccc(Br)cc1)C3. The van der Waals surface area contributed by atoms with Crippen LogP contribution in [0.25, 0.3) is 10.8 Å². The molecular formula is C30H22Br2O2. The minimum Gasteiger partial charge on any atom is -0.302 e. The number of rotatable bonds is 4. The summed E-state index contributed by atoms with van der Waals surface area (Å²) in [5.74, 6) is 0. The van der Waals surface area contributed by atoms with Crippen LogP contribution in [0.3, 0.4) is 0 Å². The number of benzene rings is 4. The molecule has 0 atom stereocenters. The molecule has 0 spiro atoms. The van der Waals surface area contributed by atoms with E-state index in [0.29, 0.717) is 25.7 Å². The Morgan fingerprint density at radius 1 is 0.500 bits per heavy atom. The van der Waals surface area contributed by atoms with Crippen LogP contribution in [0.1, 0.15) is 33.4 Å². The monoisotopic (exact) mass is 572 g/mol. The average molecular weight is 574 g/mol. The predicted octanol–water partition coefficient (Wildman–Crippen LogP) is 6.84. The van der Waals surface area contributed by atoms with Crippen LogP contribution in [-0.4, -0.2) is 12.6 Å². The van der Waals surface area contributed by atoms with Crippen molar-refractivity contribution < 1.29 is 9.59 Å². The van der Waals surface area contributed by atoms with Crippen LogP contribution in [0.15, 0.2) is 81.7 Å². The minimum absolute atomic E-state index is 0.558. The normalized spacial score (nSPS) is 17.4. The molecule has 0 N–H and O–H groups in total. The highest BCUT2D eigenvalue weighted by molar-refractivity contribution is 9.10. The Morgan fingerprint density at radius 3 is 1.06 bits per heavy atom. The van der Waals surface area contributed by atoms with E-state index in [4.69, 9.17) is 0 Å². The molecule has 0 aromatic heterocycles. The molecule has 34 heavy (non-hydrogen) atoms. The molecule has 0 amide bonds. The number of carbonyl (C=O) groups excluding carboxylic acids is 2. The third kappa shape index (κ3) is 3.26. The minimum atomic E-state index is -0.558. The van der Waals surface area contributed by atoms with Crippen LogP contribution < -0.4 is 0 Å². The maximum Gasteiger partial charge on any atom is 0.131 e. The fraction of sp³-hybridized carbons (Fsp3) is 0.200. The van der Waals surface area contributed by atoms with Gasteiger partial charge in [0, 0.05) is 8.95 Å². The Hall–Kier alpha value is -2.56. The van der Waals surface area contributed by atoms with Gasteiger partial charge in [-0.05, 0) is 94.1 Å². The standard InChI is InChI=1S/C30H22Br2O2/c31-25-9-5-23(6-10-25)29(17-33)13-19-1-2-20-14-30(18-34,24-7-11-26(32)12-8-24)16-22-4-3-21(15-29)27(19)28(20)22/h1-12,17-18H,13-16H2. The van der Waals surface area contributed by atoms with Gasteiger partial charge < -0.3 is 9.59 Å². The van der Waals surface area contributed by atoms with Crippen molar-refractivity contribution in [3.05, 3.63) is 115 Å². The van der Waals surface area contributed by atoms with Crippen molar-refractivity contribution in [1.29, 1.82) is 0 Å². The molecule has 0 saturated heterocycles. The van der Waals surface area contributed by atoms with Gasteiger partial charge in [-0.25, -0.2) is 0 Å². The lowest BCUT2D eigenvalue weighted by Crippen LogP contribution is -2.38. The molecule has 0 saturated carbocycles. The summed E-state index contributed by atoms with van der Waals surface area (Å²) in [7, 11) is 0. The zero-order valence-corrected chi connectivity index (χ0v) is 21.7. The zero-order valence-electron chi connectivity index (χ0n) is 18.5. The van der Waals surface area contributed by atoms with Gasteiger partial charge in [-0.1, -0.05) is 80.4 Å². The summed E-state index contributed by atoms with van der Waals surface area (Å²) in [4.78, 5) is 25.1. The molecule has 6 rings (SSSR count). The van der Waals surface area contributed by atoms with Crippen molar-refractivity contribution in [3.63, 3.8) is 0 Å². The largest absolute Gasteiger partial charge is 0.302 e. The van der Waals surface area contributed by atoms with E-state index in [2.05, 4.69) is 80.4 Å². The summed E-state index contributed by atoms with van der Waals surface area (Å²) < 4.78 is 2.02. The van der Waals surface area contributed by atoms with Gasteiger partial charge in [-0.3, -0.25) is 0 Å². The quantitative estimate of drug-likeness (QED) is 0.251. The molecule has 2 aliphatic rings. The molecule has 2 aliphatic carbocycles. The maximum absolute atomic E-state index is 12.5. The lowest BCUT2D eigenvalue weighted by Gasteiger charge is -2.38. The van der Waals surface area contributed by atoms with Crippen molar-refractivity contribution >= 4 is 55.2 Å². The molecule has 0 unspecified atom stereocenters. The van der Waals surface area contributed by atoms with Crippen molar-refractivity contribution in [2.75, 3.05) is 0 Å². The first-order valence-electron chi connectivity index (χ1n) is 11.5. The van der Waals surface area contributed by atoms with Crippen LogP contribution >= 0.6 is 31.9 Å². The molecule has 4 heteroatoms. The number of hydrogen-bond donors (Lipinski definition) is 0. The van der Waals surface area contributed by atoms with Gasteiger partial charge in [0.2, 0.25) is 0 Å². The van der Waals surface area contributed by atoms with E-state index in [1.807, 2.05) is 24.3 Å². The van der Waals surface area contributed by atoms with Gasteiger partial charge in [-0.15, -0.1) is 0 Å². The van der Waals surface area contributed by atoms with Gasteiger partial charge in [0.05, 0.1) is 10.8 Å². The molecular weight excluding hydrogens is 552 g/mol. The first-order valence-corrected chi connectivity index (χ1v) is 13.1. The van der Waals surface area contributed by atoms with Gasteiger partial charge >= 0.3 is 0 Å². The maximum atomic E-state index is 12.5. The molecule has 4 aromatic carbocycles. The van der Waals surface area contributed by atoms with Crippen molar-refractivity contribution in [3.8, 4) is 0 Å². The number of halogens is 2. The second-order valence-electron chi connectivity index (χ2n) is 9.79. The Kier molecular flexibility index (Phi) is 5.16. The first kappa shape index (κ1) is 21.9. The van der Waals surface area contributed by atoms with E-state index < -0.39 is 10.8 Å². The second-order valence-corrected chi connectivity index (χ2v) is 11.6. The van der Waals surface area contributed by atoms with Crippen molar-refractivity contribution in [1.82, 2.24) is 0 Å². The Morgan fingerprint density at radius 2 is 0.794 bits per heavy atom. The van der Waals surface area contributed by atoms with E-state index in [1.165, 1.54) is 33.0 Å². The third-order valence-corrected chi connectivity index (χ3v) is 8.88. The van der Waals surface area contributed by atoms with E-state index in [1.54, 1.807) is 0 Å². The predicted molar refractivity (Wildman–Crippen MR) is 143 cm³/mol. The molecule has 2 nitrogen and oxygen atoms in total. The van der Waals surface area contributed by atoms with Gasteiger partial charge in [0.25, 0.3) is 0 Å². The van der Waals surface area contributed by atoms with Crippen molar-refractivity contribution in [2.24, 2.45) is 0 Å². The summed E-state index contributed by atoms with van der Waals surface area (Å²) >= 11 is 7.02. The van der Waals surface area contributed by atoms with Gasteiger partial charge in [0.15, 0.2) is 0 Å². The van der Waals surface area contributed by atoms with Crippen LogP contribution in [0.4, 0.5) is 0 Å². The summed E-state index contributed by atoms with van der Waals surface area (Å²) in [6.45, 7) is 0. The first-order chi connectivity index (χ1) is 16.5. The van der Waals surface area contributed by atoms with Crippen LogP contribution in [0, 0.1) is 0 Å². The zero-order chi connectivity index (χ0) is 23.5. The average Bonchev–Trinajstić information content (AvgIpc) is 2.87. The summed E-state index contributed by atoms with van der Waals surface area (Å²) in [6, 6.07) is 25.0. The topological polar surface area (TPSA) is 34.1 Å². The molecule has 0 aliphatic heterocycles. The Labute approximate surface area is 215 Å². The third-order valence-electron chi connectivity index (χ3n) is 7.82. The highest BCUT2D eigenvalue weighted by Gasteiger charge is 2.41. The summed E-state index contributed by atoms with van der Waals surface area (Å²) in [5, 5.41) is 2.58. The van der Waals surface area contributed by atoms with E-state index in [0.717, 1.165) is 32.6 Å². The van der Waals surface area contributed by atoms with Gasteiger partial charge in [0.1, 0.15) is 12.6 Å². The van der Waals surface area contributed by atoms with E-state index >= 15 is 0 Å². The molecule has 0 heterocycles. The summed E-state index contributed by atoms with van der Waals surface area (Å²) in [5.41, 5.74) is 5.88. The van der Waals surface area contributed by atoms with Crippen LogP contribution in [0.5, 0.6) is 0 Å². The Balaban J connectivity index is 1.47. The molecule has 0 radical (unpaired) electrons.